The van der Waals surface area contributed by atoms with Crippen LogP contribution in [0.3, 0.4) is 0 Å². The fraction of sp³-hybridized carbons (Fsp3) is 0.938. The Morgan fingerprint density at radius 1 is 1.14 bits per heavy atom. The van der Waals surface area contributed by atoms with E-state index >= 15 is 0 Å². The smallest absolute Gasteiger partial charge is 0.410 e. The van der Waals surface area contributed by atoms with Crippen molar-refractivity contribution in [3.63, 3.8) is 0 Å². The van der Waals surface area contributed by atoms with E-state index in [1.807, 2.05) is 20.8 Å². The van der Waals surface area contributed by atoms with E-state index in [0.29, 0.717) is 19.1 Å². The standard InChI is InChI=1S/C16H30N2O3/c1-16(2,3)21-15(19)18-10-13(14(11-18)20-4)17-12-8-6-5-7-9-12/h12-14,17H,5-11H2,1-4H3/t13?,14-/m0/s1. The number of ether oxygens (including phenoxy) is 2. The summed E-state index contributed by atoms with van der Waals surface area (Å²) in [5, 5.41) is 3.69. The zero-order valence-corrected chi connectivity index (χ0v) is 13.9. The van der Waals surface area contributed by atoms with Gasteiger partial charge in [-0.1, -0.05) is 19.3 Å². The lowest BCUT2D eigenvalue weighted by Crippen LogP contribution is -2.46. The van der Waals surface area contributed by atoms with Crippen LogP contribution in [0.25, 0.3) is 0 Å². The van der Waals surface area contributed by atoms with Crippen LogP contribution in [0.5, 0.6) is 0 Å². The van der Waals surface area contributed by atoms with Gasteiger partial charge < -0.3 is 19.7 Å². The van der Waals surface area contributed by atoms with Crippen LogP contribution in [-0.4, -0.2) is 55.0 Å². The highest BCUT2D eigenvalue weighted by atomic mass is 16.6. The monoisotopic (exact) mass is 298 g/mol. The molecule has 5 nitrogen and oxygen atoms in total. The lowest BCUT2D eigenvalue weighted by Gasteiger charge is -2.28. The summed E-state index contributed by atoms with van der Waals surface area (Å²) in [6.07, 6.45) is 6.24. The van der Waals surface area contributed by atoms with Gasteiger partial charge in [0.05, 0.1) is 18.7 Å². The van der Waals surface area contributed by atoms with Crippen LogP contribution in [0.4, 0.5) is 4.79 Å². The molecule has 2 rings (SSSR count). The maximum absolute atomic E-state index is 12.2. The van der Waals surface area contributed by atoms with Gasteiger partial charge in [0.25, 0.3) is 0 Å². The molecule has 1 unspecified atom stereocenters. The van der Waals surface area contributed by atoms with E-state index in [0.717, 1.165) is 0 Å². The minimum atomic E-state index is -0.450. The van der Waals surface area contributed by atoms with Gasteiger partial charge in [0.1, 0.15) is 5.60 Å². The molecule has 2 atom stereocenters. The molecule has 1 aliphatic heterocycles. The Kier molecular flexibility index (Phi) is 5.49. The minimum Gasteiger partial charge on any atom is -0.444 e. The molecule has 1 aliphatic carbocycles. The number of methoxy groups -OCH3 is 1. The lowest BCUT2D eigenvalue weighted by molar-refractivity contribution is 0.0252. The normalized spacial score (nSPS) is 27.9. The van der Waals surface area contributed by atoms with Crippen molar-refractivity contribution in [1.29, 1.82) is 0 Å². The van der Waals surface area contributed by atoms with Crippen molar-refractivity contribution >= 4 is 6.09 Å². The van der Waals surface area contributed by atoms with E-state index in [2.05, 4.69) is 5.32 Å². The average molecular weight is 298 g/mol. The summed E-state index contributed by atoms with van der Waals surface area (Å²) in [5.41, 5.74) is -0.450. The Labute approximate surface area is 128 Å². The molecular weight excluding hydrogens is 268 g/mol. The van der Waals surface area contributed by atoms with Crippen molar-refractivity contribution in [2.24, 2.45) is 0 Å². The summed E-state index contributed by atoms with van der Waals surface area (Å²) in [7, 11) is 1.72. The zero-order valence-electron chi connectivity index (χ0n) is 13.9. The highest BCUT2D eigenvalue weighted by molar-refractivity contribution is 5.68. The second kappa shape index (κ2) is 6.97. The van der Waals surface area contributed by atoms with E-state index in [9.17, 15) is 4.79 Å². The second-order valence-electron chi connectivity index (χ2n) is 7.27. The molecule has 0 bridgehead atoms. The maximum atomic E-state index is 12.2. The van der Waals surface area contributed by atoms with Crippen molar-refractivity contribution in [2.75, 3.05) is 20.2 Å². The molecule has 0 aromatic carbocycles. The number of nitrogens with zero attached hydrogens (tertiary/aromatic N) is 1. The Bertz CT molecular complexity index is 348. The highest BCUT2D eigenvalue weighted by Gasteiger charge is 2.38. The van der Waals surface area contributed by atoms with Gasteiger partial charge in [0.15, 0.2) is 0 Å². The summed E-state index contributed by atoms with van der Waals surface area (Å²) in [6.45, 7) is 6.96. The van der Waals surface area contributed by atoms with Crippen LogP contribution >= 0.6 is 0 Å². The van der Waals surface area contributed by atoms with Crippen molar-refractivity contribution in [2.45, 2.75) is 76.7 Å². The van der Waals surface area contributed by atoms with Crippen molar-refractivity contribution < 1.29 is 14.3 Å². The van der Waals surface area contributed by atoms with Crippen LogP contribution in [0.2, 0.25) is 0 Å². The molecule has 122 valence electrons. The van der Waals surface area contributed by atoms with E-state index in [1.54, 1.807) is 12.0 Å². The van der Waals surface area contributed by atoms with Gasteiger partial charge in [-0.05, 0) is 33.6 Å². The molecule has 1 saturated heterocycles. The van der Waals surface area contributed by atoms with Crippen LogP contribution in [-0.2, 0) is 9.47 Å². The Hall–Kier alpha value is -0.810. The molecule has 0 aromatic rings. The highest BCUT2D eigenvalue weighted by Crippen LogP contribution is 2.22. The van der Waals surface area contributed by atoms with E-state index in [1.165, 1.54) is 32.1 Å². The summed E-state index contributed by atoms with van der Waals surface area (Å²) in [6, 6.07) is 0.783. The maximum Gasteiger partial charge on any atom is 0.410 e. The molecule has 0 spiro atoms. The first-order chi connectivity index (χ1) is 9.89. The molecule has 1 N–H and O–H groups in total. The number of amides is 1. The number of carbonyl (C=O) groups excluding carboxylic acids is 1. The molecule has 2 aliphatic rings. The first kappa shape index (κ1) is 16.6. The predicted molar refractivity (Wildman–Crippen MR) is 82.4 cm³/mol. The zero-order chi connectivity index (χ0) is 15.5. The SMILES string of the molecule is CO[C@H]1CN(C(=O)OC(C)(C)C)CC1NC1CCCCC1. The third-order valence-electron chi connectivity index (χ3n) is 4.28. The molecule has 1 heterocycles. The third kappa shape index (κ3) is 4.85. The van der Waals surface area contributed by atoms with Gasteiger partial charge in [-0.25, -0.2) is 4.79 Å². The number of carbonyl (C=O) groups is 1. The minimum absolute atomic E-state index is 0.0550. The van der Waals surface area contributed by atoms with Gasteiger partial charge >= 0.3 is 6.09 Å². The molecule has 0 aromatic heterocycles. The quantitative estimate of drug-likeness (QED) is 0.870. The largest absolute Gasteiger partial charge is 0.444 e. The van der Waals surface area contributed by atoms with Crippen LogP contribution in [0, 0.1) is 0 Å². The number of likely N-dealkylation sites (tertiary alicyclic amines) is 1. The second-order valence-corrected chi connectivity index (χ2v) is 7.27. The third-order valence-corrected chi connectivity index (χ3v) is 4.28. The summed E-state index contributed by atoms with van der Waals surface area (Å²) < 4.78 is 11.0. The topological polar surface area (TPSA) is 50.8 Å². The van der Waals surface area contributed by atoms with Crippen LogP contribution < -0.4 is 5.32 Å². The van der Waals surface area contributed by atoms with E-state index < -0.39 is 5.60 Å². The fourth-order valence-corrected chi connectivity index (χ4v) is 3.22. The first-order valence-corrected chi connectivity index (χ1v) is 8.16. The Balaban J connectivity index is 1.88. The summed E-state index contributed by atoms with van der Waals surface area (Å²) in [5.74, 6) is 0. The molecule has 1 saturated carbocycles. The van der Waals surface area contributed by atoms with Gasteiger partial charge in [-0.15, -0.1) is 0 Å². The number of rotatable bonds is 3. The van der Waals surface area contributed by atoms with Crippen molar-refractivity contribution in [3.05, 3.63) is 0 Å². The van der Waals surface area contributed by atoms with Gasteiger partial charge in [0.2, 0.25) is 0 Å². The number of hydrogen-bond acceptors (Lipinski definition) is 4. The van der Waals surface area contributed by atoms with E-state index in [-0.39, 0.29) is 18.2 Å². The number of hydrogen-bond donors (Lipinski definition) is 1. The molecule has 5 heteroatoms. The van der Waals surface area contributed by atoms with Crippen molar-refractivity contribution in [1.82, 2.24) is 10.2 Å². The van der Waals surface area contributed by atoms with E-state index in [4.69, 9.17) is 9.47 Å². The molecule has 1 amide bonds. The van der Waals surface area contributed by atoms with Crippen LogP contribution in [0.15, 0.2) is 0 Å². The van der Waals surface area contributed by atoms with Crippen molar-refractivity contribution in [3.8, 4) is 0 Å². The van der Waals surface area contributed by atoms with Gasteiger partial charge in [-0.2, -0.15) is 0 Å². The number of nitrogens with one attached hydrogen (secondary N) is 1. The summed E-state index contributed by atoms with van der Waals surface area (Å²) >= 11 is 0. The Morgan fingerprint density at radius 3 is 2.38 bits per heavy atom. The predicted octanol–water partition coefficient (Wildman–Crippen LogP) is 2.54. The summed E-state index contributed by atoms with van der Waals surface area (Å²) in [4.78, 5) is 13.9. The average Bonchev–Trinajstić information content (AvgIpc) is 2.81. The fourth-order valence-electron chi connectivity index (χ4n) is 3.22. The van der Waals surface area contributed by atoms with Crippen LogP contribution in [0.1, 0.15) is 52.9 Å². The first-order valence-electron chi connectivity index (χ1n) is 8.16. The molecule has 0 radical (unpaired) electrons. The molecular formula is C16H30N2O3. The van der Waals surface area contributed by atoms with Gasteiger partial charge in [0, 0.05) is 19.7 Å². The molecule has 21 heavy (non-hydrogen) atoms. The Morgan fingerprint density at radius 2 is 1.81 bits per heavy atom. The van der Waals surface area contributed by atoms with Gasteiger partial charge in [-0.3, -0.25) is 0 Å². The molecule has 2 fully saturated rings. The lowest BCUT2D eigenvalue weighted by atomic mass is 9.94.